The highest BCUT2D eigenvalue weighted by atomic mass is 32.1. The number of nitrogens with zero attached hydrogens (tertiary/aromatic N) is 4. The summed E-state index contributed by atoms with van der Waals surface area (Å²) >= 11 is 1.70. The van der Waals surface area contributed by atoms with Crippen LogP contribution in [0, 0.1) is 0 Å². The average Bonchev–Trinajstić information content (AvgIpc) is 3.05. The quantitative estimate of drug-likeness (QED) is 0.780. The SMILES string of the molecule is CC(C)NC(=O)Cn1nc2c3c4c(sc3ncn2c1=O)CCCC4. The summed E-state index contributed by atoms with van der Waals surface area (Å²) in [6, 6.07) is 0.0301. The Morgan fingerprint density at radius 1 is 1.38 bits per heavy atom. The van der Waals surface area contributed by atoms with E-state index in [0.29, 0.717) is 5.65 Å². The van der Waals surface area contributed by atoms with E-state index in [2.05, 4.69) is 15.4 Å². The van der Waals surface area contributed by atoms with Crippen molar-refractivity contribution < 1.29 is 4.79 Å². The monoisotopic (exact) mass is 345 g/mol. The van der Waals surface area contributed by atoms with Crippen molar-refractivity contribution in [3.63, 3.8) is 0 Å². The first-order chi connectivity index (χ1) is 11.5. The first-order valence-electron chi connectivity index (χ1n) is 8.22. The van der Waals surface area contributed by atoms with E-state index in [1.807, 2.05) is 13.8 Å². The number of hydrogen-bond donors (Lipinski definition) is 1. The van der Waals surface area contributed by atoms with Gasteiger partial charge in [-0.05, 0) is 45.1 Å². The molecule has 0 saturated carbocycles. The van der Waals surface area contributed by atoms with Crippen LogP contribution >= 0.6 is 11.3 Å². The van der Waals surface area contributed by atoms with Crippen molar-refractivity contribution in [3.05, 3.63) is 27.3 Å². The summed E-state index contributed by atoms with van der Waals surface area (Å²) < 4.78 is 2.67. The van der Waals surface area contributed by atoms with Crippen LogP contribution in [0.4, 0.5) is 0 Å². The zero-order valence-electron chi connectivity index (χ0n) is 13.7. The molecule has 8 heteroatoms. The summed E-state index contributed by atoms with van der Waals surface area (Å²) in [5.74, 6) is -0.216. The standard InChI is InChI=1S/C16H19N5O2S/c1-9(2)18-12(22)7-21-16(23)20-8-17-15-13(14(20)19-21)10-5-3-4-6-11(10)24-15/h8-9H,3-7H2,1-2H3,(H,18,22). The van der Waals surface area contributed by atoms with Gasteiger partial charge in [-0.1, -0.05) is 0 Å². The fourth-order valence-corrected chi connectivity index (χ4v) is 4.51. The summed E-state index contributed by atoms with van der Waals surface area (Å²) in [4.78, 5) is 31.2. The lowest BCUT2D eigenvalue weighted by Gasteiger charge is -2.09. The maximum Gasteiger partial charge on any atom is 0.352 e. The molecule has 0 saturated heterocycles. The van der Waals surface area contributed by atoms with Gasteiger partial charge in [0.25, 0.3) is 0 Å². The molecular weight excluding hydrogens is 326 g/mol. The number of carbonyl (C=O) groups is 1. The van der Waals surface area contributed by atoms with Crippen LogP contribution < -0.4 is 11.0 Å². The van der Waals surface area contributed by atoms with Gasteiger partial charge in [-0.15, -0.1) is 16.4 Å². The number of nitrogens with one attached hydrogen (secondary N) is 1. The summed E-state index contributed by atoms with van der Waals surface area (Å²) in [5, 5.41) is 8.21. The van der Waals surface area contributed by atoms with Gasteiger partial charge in [-0.25, -0.2) is 18.9 Å². The summed E-state index contributed by atoms with van der Waals surface area (Å²) in [7, 11) is 0. The van der Waals surface area contributed by atoms with E-state index in [4.69, 9.17) is 0 Å². The molecule has 0 radical (unpaired) electrons. The topological polar surface area (TPSA) is 81.3 Å². The fraction of sp³-hybridized carbons (Fsp3) is 0.500. The third-order valence-corrected chi connectivity index (χ3v) is 5.48. The number of aryl methyl sites for hydroxylation is 2. The van der Waals surface area contributed by atoms with Crippen LogP contribution in [0.2, 0.25) is 0 Å². The highest BCUT2D eigenvalue weighted by Crippen LogP contribution is 2.36. The van der Waals surface area contributed by atoms with Crippen molar-refractivity contribution in [2.45, 2.75) is 52.1 Å². The number of fused-ring (bicyclic) bond motifs is 5. The van der Waals surface area contributed by atoms with E-state index >= 15 is 0 Å². The molecule has 3 aromatic rings. The van der Waals surface area contributed by atoms with E-state index in [1.54, 1.807) is 11.3 Å². The minimum Gasteiger partial charge on any atom is -0.352 e. The van der Waals surface area contributed by atoms with Gasteiger partial charge in [0.15, 0.2) is 5.65 Å². The molecule has 0 bridgehead atoms. The van der Waals surface area contributed by atoms with E-state index in [9.17, 15) is 9.59 Å². The first kappa shape index (κ1) is 15.3. The Hall–Kier alpha value is -2.22. The lowest BCUT2D eigenvalue weighted by molar-refractivity contribution is -0.122. The van der Waals surface area contributed by atoms with Gasteiger partial charge >= 0.3 is 5.69 Å². The molecule has 3 heterocycles. The molecule has 0 aromatic carbocycles. The van der Waals surface area contributed by atoms with Gasteiger partial charge in [-0.3, -0.25) is 4.79 Å². The molecule has 0 spiro atoms. The number of aromatic nitrogens is 4. The van der Waals surface area contributed by atoms with Crippen molar-refractivity contribution in [2.24, 2.45) is 0 Å². The first-order valence-corrected chi connectivity index (χ1v) is 9.04. The molecule has 0 unspecified atom stereocenters. The van der Waals surface area contributed by atoms with E-state index < -0.39 is 0 Å². The van der Waals surface area contributed by atoms with Crippen LogP contribution in [0.5, 0.6) is 0 Å². The van der Waals surface area contributed by atoms with Gasteiger partial charge < -0.3 is 5.32 Å². The van der Waals surface area contributed by atoms with Crippen molar-refractivity contribution in [1.29, 1.82) is 0 Å². The van der Waals surface area contributed by atoms with Crippen LogP contribution in [0.25, 0.3) is 15.9 Å². The lowest BCUT2D eigenvalue weighted by atomic mass is 9.97. The fourth-order valence-electron chi connectivity index (χ4n) is 3.28. The van der Waals surface area contributed by atoms with Gasteiger partial charge in [-0.2, -0.15) is 0 Å². The van der Waals surface area contributed by atoms with Crippen molar-refractivity contribution in [1.82, 2.24) is 24.5 Å². The van der Waals surface area contributed by atoms with Crippen LogP contribution in [-0.4, -0.2) is 31.1 Å². The molecule has 1 N–H and O–H groups in total. The minimum absolute atomic E-state index is 0.0301. The van der Waals surface area contributed by atoms with Crippen LogP contribution in [-0.2, 0) is 24.2 Å². The Kier molecular flexibility index (Phi) is 3.64. The molecule has 0 atom stereocenters. The minimum atomic E-state index is -0.325. The summed E-state index contributed by atoms with van der Waals surface area (Å²) in [6.07, 6.45) is 5.95. The van der Waals surface area contributed by atoms with Crippen LogP contribution in [0.3, 0.4) is 0 Å². The number of thiophene rings is 1. The predicted octanol–water partition coefficient (Wildman–Crippen LogP) is 1.51. The molecule has 4 rings (SSSR count). The largest absolute Gasteiger partial charge is 0.352 e. The lowest BCUT2D eigenvalue weighted by Crippen LogP contribution is -2.36. The Morgan fingerprint density at radius 3 is 2.96 bits per heavy atom. The molecule has 7 nitrogen and oxygen atoms in total. The summed E-state index contributed by atoms with van der Waals surface area (Å²) in [5.41, 5.74) is 1.57. The van der Waals surface area contributed by atoms with Crippen molar-refractivity contribution in [3.8, 4) is 0 Å². The van der Waals surface area contributed by atoms with E-state index in [0.717, 1.165) is 29.5 Å². The van der Waals surface area contributed by atoms with Gasteiger partial charge in [0.05, 0.1) is 5.39 Å². The molecule has 24 heavy (non-hydrogen) atoms. The van der Waals surface area contributed by atoms with Crippen molar-refractivity contribution >= 4 is 33.1 Å². The maximum absolute atomic E-state index is 12.5. The molecule has 1 aliphatic rings. The molecule has 1 aliphatic carbocycles. The number of carbonyl (C=O) groups excluding carboxylic acids is 1. The Balaban J connectivity index is 1.85. The molecule has 0 aliphatic heterocycles. The average molecular weight is 345 g/mol. The third-order valence-electron chi connectivity index (χ3n) is 4.28. The van der Waals surface area contributed by atoms with Gasteiger partial charge in [0.1, 0.15) is 17.7 Å². The zero-order valence-corrected chi connectivity index (χ0v) is 14.5. The van der Waals surface area contributed by atoms with Crippen LogP contribution in [0.1, 0.15) is 37.1 Å². The zero-order chi connectivity index (χ0) is 16.8. The molecule has 126 valence electrons. The van der Waals surface area contributed by atoms with Crippen molar-refractivity contribution in [2.75, 3.05) is 0 Å². The Bertz CT molecular complexity index is 997. The Labute approximate surface area is 142 Å². The number of rotatable bonds is 3. The Morgan fingerprint density at radius 2 is 2.17 bits per heavy atom. The highest BCUT2D eigenvalue weighted by molar-refractivity contribution is 7.19. The smallest absolute Gasteiger partial charge is 0.352 e. The number of hydrogen-bond acceptors (Lipinski definition) is 5. The normalized spacial score (nSPS) is 14.5. The van der Waals surface area contributed by atoms with Gasteiger partial charge in [0, 0.05) is 10.9 Å². The highest BCUT2D eigenvalue weighted by Gasteiger charge is 2.21. The molecule has 3 aromatic heterocycles. The van der Waals surface area contributed by atoms with E-state index in [-0.39, 0.29) is 24.2 Å². The maximum atomic E-state index is 12.5. The number of amides is 1. The molecule has 1 amide bonds. The second kappa shape index (κ2) is 5.70. The van der Waals surface area contributed by atoms with E-state index in [1.165, 1.54) is 32.3 Å². The van der Waals surface area contributed by atoms with Gasteiger partial charge in [0.2, 0.25) is 5.91 Å². The molecular formula is C16H19N5O2S. The second-order valence-electron chi connectivity index (χ2n) is 6.49. The predicted molar refractivity (Wildman–Crippen MR) is 92.6 cm³/mol. The molecule has 0 fully saturated rings. The third kappa shape index (κ3) is 2.41. The van der Waals surface area contributed by atoms with Crippen LogP contribution in [0.15, 0.2) is 11.1 Å². The second-order valence-corrected chi connectivity index (χ2v) is 7.58. The summed E-state index contributed by atoms with van der Waals surface area (Å²) in [6.45, 7) is 3.69.